The molecule has 6 aromatic rings. The second-order valence-electron chi connectivity index (χ2n) is 12.5. The highest BCUT2D eigenvalue weighted by molar-refractivity contribution is 6.10. The fourth-order valence-corrected chi connectivity index (χ4v) is 5.15. The van der Waals surface area contributed by atoms with Crippen molar-refractivity contribution in [2.45, 2.75) is 52.4 Å². The third-order valence-electron chi connectivity index (χ3n) is 7.40. The van der Waals surface area contributed by atoms with E-state index < -0.39 is 0 Å². The largest absolute Gasteiger partial charge is 0.439 e. The van der Waals surface area contributed by atoms with Gasteiger partial charge >= 0.3 is 0 Å². The van der Waals surface area contributed by atoms with Crippen molar-refractivity contribution in [1.29, 1.82) is 0 Å². The number of aromatic nitrogens is 3. The van der Waals surface area contributed by atoms with Crippen LogP contribution in [-0.4, -0.2) is 14.5 Å². The summed E-state index contributed by atoms with van der Waals surface area (Å²) in [6.45, 7) is 13.2. The third-order valence-corrected chi connectivity index (χ3v) is 7.40. The number of pyridine rings is 2. The van der Waals surface area contributed by atoms with Crippen LogP contribution < -0.4 is 4.74 Å². The van der Waals surface area contributed by atoms with Crippen molar-refractivity contribution < 1.29 is 4.74 Å². The van der Waals surface area contributed by atoms with Gasteiger partial charge in [-0.15, -0.1) is 0 Å². The highest BCUT2D eigenvalue weighted by atomic mass is 16.5. The van der Waals surface area contributed by atoms with Gasteiger partial charge in [-0.1, -0.05) is 90.1 Å². The summed E-state index contributed by atoms with van der Waals surface area (Å²) in [7, 11) is 0. The van der Waals surface area contributed by atoms with Gasteiger partial charge in [0.05, 0.1) is 11.0 Å². The van der Waals surface area contributed by atoms with Crippen LogP contribution in [0.2, 0.25) is 0 Å². The first kappa shape index (κ1) is 25.8. The van der Waals surface area contributed by atoms with Gasteiger partial charge in [0.15, 0.2) is 0 Å². The summed E-state index contributed by atoms with van der Waals surface area (Å²) in [6, 6.07) is 33.8. The molecule has 4 heteroatoms. The molecular formula is C36H35N3O. The Hall–Kier alpha value is -4.44. The minimum Gasteiger partial charge on any atom is -0.439 e. The summed E-state index contributed by atoms with van der Waals surface area (Å²) in [5.74, 6) is 2.29. The van der Waals surface area contributed by atoms with Crippen LogP contribution in [0.1, 0.15) is 52.8 Å². The first-order chi connectivity index (χ1) is 19.1. The molecule has 3 aromatic carbocycles. The number of benzene rings is 3. The average Bonchev–Trinajstić information content (AvgIpc) is 3.26. The van der Waals surface area contributed by atoms with Crippen LogP contribution in [0, 0.1) is 0 Å². The average molecular weight is 526 g/mol. The van der Waals surface area contributed by atoms with E-state index in [2.05, 4.69) is 124 Å². The number of nitrogens with zero attached hydrogens (tertiary/aromatic N) is 3. The minimum absolute atomic E-state index is 0.0258. The van der Waals surface area contributed by atoms with E-state index >= 15 is 0 Å². The maximum Gasteiger partial charge on any atom is 0.219 e. The Morgan fingerprint density at radius 3 is 2.17 bits per heavy atom. The molecule has 0 saturated heterocycles. The summed E-state index contributed by atoms with van der Waals surface area (Å²) in [5.41, 5.74) is 6.72. The molecule has 0 unspecified atom stereocenters. The van der Waals surface area contributed by atoms with Crippen molar-refractivity contribution in [1.82, 2.24) is 14.5 Å². The van der Waals surface area contributed by atoms with Crippen molar-refractivity contribution in [3.63, 3.8) is 0 Å². The normalized spacial score (nSPS) is 12.2. The maximum atomic E-state index is 6.22. The Labute approximate surface area is 236 Å². The number of para-hydroxylation sites is 1. The SMILES string of the molecule is CC(C)(C)c1ccnc(Oc2cccc(-c3ccc4c5ccccc5n(-c5cccc(C(C)(C)C)n5)c4c3)c2)c1. The number of hydrogen-bond acceptors (Lipinski definition) is 3. The molecule has 0 amide bonds. The summed E-state index contributed by atoms with van der Waals surface area (Å²) >= 11 is 0. The Balaban J connectivity index is 1.45. The minimum atomic E-state index is -0.0401. The van der Waals surface area contributed by atoms with Gasteiger partial charge in [-0.25, -0.2) is 9.97 Å². The molecule has 0 fully saturated rings. The Morgan fingerprint density at radius 1 is 0.625 bits per heavy atom. The van der Waals surface area contributed by atoms with Gasteiger partial charge in [0, 0.05) is 34.1 Å². The predicted octanol–water partition coefficient (Wildman–Crippen LogP) is 9.63. The maximum absolute atomic E-state index is 6.22. The fraction of sp³-hybridized carbons (Fsp3) is 0.222. The zero-order valence-electron chi connectivity index (χ0n) is 24.1. The van der Waals surface area contributed by atoms with Gasteiger partial charge in [-0.3, -0.25) is 4.57 Å². The van der Waals surface area contributed by atoms with Crippen LogP contribution in [0.3, 0.4) is 0 Å². The molecule has 0 N–H and O–H groups in total. The lowest BCUT2D eigenvalue weighted by molar-refractivity contribution is 0.459. The molecule has 0 atom stereocenters. The molecule has 6 rings (SSSR count). The van der Waals surface area contributed by atoms with E-state index in [0.717, 1.165) is 39.4 Å². The lowest BCUT2D eigenvalue weighted by Crippen LogP contribution is -2.14. The van der Waals surface area contributed by atoms with E-state index in [1.165, 1.54) is 16.3 Å². The monoisotopic (exact) mass is 525 g/mol. The third kappa shape index (κ3) is 4.86. The molecule has 0 spiro atoms. The zero-order chi connectivity index (χ0) is 28.1. The van der Waals surface area contributed by atoms with E-state index in [1.54, 1.807) is 0 Å². The van der Waals surface area contributed by atoms with Crippen molar-refractivity contribution in [3.05, 3.63) is 115 Å². The second-order valence-corrected chi connectivity index (χ2v) is 12.5. The molecule has 0 bridgehead atoms. The molecule has 4 nitrogen and oxygen atoms in total. The van der Waals surface area contributed by atoms with Crippen LogP contribution in [0.15, 0.2) is 103 Å². The highest BCUT2D eigenvalue weighted by Gasteiger charge is 2.19. The molecule has 0 aliphatic heterocycles. The first-order valence-corrected chi connectivity index (χ1v) is 13.8. The number of fused-ring (bicyclic) bond motifs is 3. The van der Waals surface area contributed by atoms with Gasteiger partial charge in [0.2, 0.25) is 5.88 Å². The predicted molar refractivity (Wildman–Crippen MR) is 166 cm³/mol. The van der Waals surface area contributed by atoms with Gasteiger partial charge in [0.25, 0.3) is 0 Å². The molecule has 3 aromatic heterocycles. The quantitative estimate of drug-likeness (QED) is 0.230. The van der Waals surface area contributed by atoms with Crippen molar-refractivity contribution in [2.24, 2.45) is 0 Å². The molecule has 0 aliphatic rings. The smallest absolute Gasteiger partial charge is 0.219 e. The second kappa shape index (κ2) is 9.63. The molecule has 3 heterocycles. The van der Waals surface area contributed by atoms with Crippen LogP contribution in [-0.2, 0) is 10.8 Å². The van der Waals surface area contributed by atoms with Crippen molar-refractivity contribution in [2.75, 3.05) is 0 Å². The number of hydrogen-bond donors (Lipinski definition) is 0. The molecular weight excluding hydrogens is 490 g/mol. The van der Waals surface area contributed by atoms with Crippen LogP contribution in [0.25, 0.3) is 38.8 Å². The summed E-state index contributed by atoms with van der Waals surface area (Å²) in [5, 5.41) is 2.42. The zero-order valence-corrected chi connectivity index (χ0v) is 24.1. The van der Waals surface area contributed by atoms with Gasteiger partial charge in [-0.2, -0.15) is 0 Å². The van der Waals surface area contributed by atoms with E-state index in [-0.39, 0.29) is 10.8 Å². The lowest BCUT2D eigenvalue weighted by atomic mass is 9.88. The molecule has 0 radical (unpaired) electrons. The summed E-state index contributed by atoms with van der Waals surface area (Å²) in [4.78, 5) is 9.56. The van der Waals surface area contributed by atoms with Crippen LogP contribution in [0.5, 0.6) is 11.6 Å². The van der Waals surface area contributed by atoms with Gasteiger partial charge < -0.3 is 4.74 Å². The Kier molecular flexibility index (Phi) is 6.22. The summed E-state index contributed by atoms with van der Waals surface area (Å²) < 4.78 is 8.51. The van der Waals surface area contributed by atoms with Crippen LogP contribution in [0.4, 0.5) is 0 Å². The fourth-order valence-electron chi connectivity index (χ4n) is 5.15. The van der Waals surface area contributed by atoms with Crippen molar-refractivity contribution in [3.8, 4) is 28.6 Å². The first-order valence-electron chi connectivity index (χ1n) is 13.8. The Bertz CT molecular complexity index is 1850. The summed E-state index contributed by atoms with van der Waals surface area (Å²) in [6.07, 6.45) is 1.81. The number of ether oxygens (including phenoxy) is 1. The standard InChI is InChI=1S/C36H35N3O/c1-35(2,3)26-19-20-37-34(23-26)40-27-12-9-11-24(21-27)25-17-18-29-28-13-7-8-14-30(28)39(31(29)22-25)33-16-10-15-32(38-33)36(4,5)6/h7-23H,1-6H3. The highest BCUT2D eigenvalue weighted by Crippen LogP contribution is 2.36. The van der Waals surface area contributed by atoms with E-state index in [4.69, 9.17) is 9.72 Å². The molecule has 0 aliphatic carbocycles. The van der Waals surface area contributed by atoms with E-state index in [1.807, 2.05) is 30.5 Å². The lowest BCUT2D eigenvalue weighted by Gasteiger charge is -2.19. The number of rotatable bonds is 4. The molecule has 40 heavy (non-hydrogen) atoms. The molecule has 200 valence electrons. The van der Waals surface area contributed by atoms with Gasteiger partial charge in [-0.05, 0) is 64.6 Å². The molecule has 0 saturated carbocycles. The Morgan fingerprint density at radius 2 is 1.38 bits per heavy atom. The van der Waals surface area contributed by atoms with Crippen LogP contribution >= 0.6 is 0 Å². The van der Waals surface area contributed by atoms with E-state index in [0.29, 0.717) is 5.88 Å². The van der Waals surface area contributed by atoms with Gasteiger partial charge in [0.1, 0.15) is 11.6 Å². The van der Waals surface area contributed by atoms with E-state index in [9.17, 15) is 0 Å². The van der Waals surface area contributed by atoms with Crippen molar-refractivity contribution >= 4 is 21.8 Å². The topological polar surface area (TPSA) is 39.9 Å².